The maximum Gasteiger partial charge on any atom is 0.416 e. The molecule has 0 fully saturated rings. The van der Waals surface area contributed by atoms with Gasteiger partial charge in [0.05, 0.1) is 5.56 Å². The molecule has 0 aliphatic rings. The molecule has 3 rings (SSSR count). The molecule has 3 nitrogen and oxygen atoms in total. The van der Waals surface area contributed by atoms with Gasteiger partial charge < -0.3 is 9.62 Å². The average Bonchev–Trinajstić information content (AvgIpc) is 2.79. The fraction of sp³-hybridized carbons (Fsp3) is 0.0714. The van der Waals surface area contributed by atoms with Crippen molar-refractivity contribution in [1.29, 1.82) is 0 Å². The summed E-state index contributed by atoms with van der Waals surface area (Å²) in [4.78, 5) is 0. The molecular formula is C14H7ClF3NO2. The Kier molecular flexibility index (Phi) is 3.06. The van der Waals surface area contributed by atoms with E-state index in [1.165, 1.54) is 24.4 Å². The predicted octanol–water partition coefficient (Wildman–Crippen LogP) is 4.41. The molecule has 0 aliphatic carbocycles. The van der Waals surface area contributed by atoms with Crippen molar-refractivity contribution in [3.8, 4) is 11.3 Å². The van der Waals surface area contributed by atoms with Crippen LogP contribution in [0.4, 0.5) is 13.2 Å². The van der Waals surface area contributed by atoms with Gasteiger partial charge in [0.15, 0.2) is 12.4 Å². The maximum absolute atomic E-state index is 12.7. The van der Waals surface area contributed by atoms with Gasteiger partial charge in [-0.1, -0.05) is 11.6 Å². The highest BCUT2D eigenvalue weighted by Crippen LogP contribution is 2.35. The molecule has 7 heteroatoms. The van der Waals surface area contributed by atoms with Crippen LogP contribution in [0, 0.1) is 5.21 Å². The predicted molar refractivity (Wildman–Crippen MR) is 70.6 cm³/mol. The second-order valence-electron chi connectivity index (χ2n) is 4.43. The van der Waals surface area contributed by atoms with E-state index in [-0.39, 0.29) is 5.02 Å². The van der Waals surface area contributed by atoms with Gasteiger partial charge in [-0.05, 0) is 24.3 Å². The number of nitrogens with zero attached hydrogens (tertiary/aromatic N) is 1. The molecule has 21 heavy (non-hydrogen) atoms. The lowest BCUT2D eigenvalue weighted by Crippen LogP contribution is -2.23. The number of furan rings is 1. The highest BCUT2D eigenvalue weighted by atomic mass is 35.5. The summed E-state index contributed by atoms with van der Waals surface area (Å²) in [5.74, 6) is 0.301. The van der Waals surface area contributed by atoms with E-state index in [1.807, 2.05) is 0 Å². The minimum absolute atomic E-state index is 0.155. The minimum atomic E-state index is -4.41. The fourth-order valence-electron chi connectivity index (χ4n) is 2.00. The van der Waals surface area contributed by atoms with Crippen LogP contribution in [-0.4, -0.2) is 0 Å². The van der Waals surface area contributed by atoms with E-state index in [4.69, 9.17) is 16.0 Å². The molecule has 2 heterocycles. The van der Waals surface area contributed by atoms with Crippen LogP contribution in [0.15, 0.2) is 47.1 Å². The van der Waals surface area contributed by atoms with Crippen molar-refractivity contribution in [3.05, 3.63) is 58.5 Å². The Morgan fingerprint density at radius 3 is 2.57 bits per heavy atom. The standard InChI is InChI=1S/C14H7ClF3NO2/c15-11-7-19(20)4-3-10(11)13-6-8-5-9(14(16,17)18)1-2-12(8)21-13/h1-7H. The summed E-state index contributed by atoms with van der Waals surface area (Å²) in [6.07, 6.45) is -2.04. The molecule has 0 spiro atoms. The molecule has 108 valence electrons. The number of aromatic nitrogens is 1. The number of fused-ring (bicyclic) bond motifs is 1. The first-order chi connectivity index (χ1) is 9.84. The molecular weight excluding hydrogens is 307 g/mol. The smallest absolute Gasteiger partial charge is 0.416 e. The van der Waals surface area contributed by atoms with Gasteiger partial charge >= 0.3 is 6.18 Å². The molecule has 3 aromatic rings. The molecule has 0 saturated carbocycles. The van der Waals surface area contributed by atoms with Crippen LogP contribution in [0.2, 0.25) is 5.02 Å². The Balaban J connectivity index is 2.13. The SMILES string of the molecule is [O-][n+]1ccc(-c2cc3cc(C(F)(F)F)ccc3o2)c(Cl)c1. The molecule has 0 unspecified atom stereocenters. The minimum Gasteiger partial charge on any atom is -0.619 e. The van der Waals surface area contributed by atoms with Crippen LogP contribution in [0.1, 0.15) is 5.56 Å². The summed E-state index contributed by atoms with van der Waals surface area (Å²) in [5.41, 5.74) is 0.000327. The number of halogens is 4. The first-order valence-electron chi connectivity index (χ1n) is 5.84. The van der Waals surface area contributed by atoms with Crippen LogP contribution in [0.25, 0.3) is 22.3 Å². The van der Waals surface area contributed by atoms with E-state index < -0.39 is 11.7 Å². The van der Waals surface area contributed by atoms with Crippen LogP contribution in [0.5, 0.6) is 0 Å². The first kappa shape index (κ1) is 13.8. The molecule has 0 aliphatic heterocycles. The molecule has 0 amide bonds. The number of alkyl halides is 3. The third-order valence-electron chi connectivity index (χ3n) is 3.00. The van der Waals surface area contributed by atoms with Gasteiger partial charge in [-0.3, -0.25) is 0 Å². The van der Waals surface area contributed by atoms with Crippen LogP contribution >= 0.6 is 11.6 Å². The Morgan fingerprint density at radius 2 is 1.90 bits per heavy atom. The van der Waals surface area contributed by atoms with Crippen LogP contribution in [-0.2, 0) is 6.18 Å². The Labute approximate surface area is 121 Å². The fourth-order valence-corrected chi connectivity index (χ4v) is 2.26. The summed E-state index contributed by atoms with van der Waals surface area (Å²) >= 11 is 5.93. The van der Waals surface area contributed by atoms with Gasteiger partial charge in [0.25, 0.3) is 0 Å². The number of hydrogen-bond acceptors (Lipinski definition) is 2. The molecule has 0 saturated heterocycles. The Morgan fingerprint density at radius 1 is 1.14 bits per heavy atom. The number of benzene rings is 1. The summed E-state index contributed by atoms with van der Waals surface area (Å²) < 4.78 is 44.0. The van der Waals surface area contributed by atoms with Crippen molar-refractivity contribution in [2.45, 2.75) is 6.18 Å². The van der Waals surface area contributed by atoms with Gasteiger partial charge in [-0.25, -0.2) is 0 Å². The molecule has 1 aromatic carbocycles. The Hall–Kier alpha value is -2.21. The topological polar surface area (TPSA) is 40.1 Å². The molecule has 0 bridgehead atoms. The molecule has 0 atom stereocenters. The molecule has 0 radical (unpaired) electrons. The lowest BCUT2D eigenvalue weighted by Gasteiger charge is -2.04. The van der Waals surface area contributed by atoms with E-state index in [0.717, 1.165) is 18.3 Å². The maximum atomic E-state index is 12.7. The van der Waals surface area contributed by atoms with Crippen molar-refractivity contribution in [3.63, 3.8) is 0 Å². The van der Waals surface area contributed by atoms with Crippen LogP contribution < -0.4 is 4.73 Å². The highest BCUT2D eigenvalue weighted by molar-refractivity contribution is 6.33. The summed E-state index contributed by atoms with van der Waals surface area (Å²) in [7, 11) is 0. The summed E-state index contributed by atoms with van der Waals surface area (Å²) in [6, 6.07) is 6.12. The quantitative estimate of drug-likeness (QED) is 0.493. The number of pyridine rings is 1. The zero-order chi connectivity index (χ0) is 15.2. The van der Waals surface area contributed by atoms with Gasteiger partial charge in [0, 0.05) is 17.0 Å². The lowest BCUT2D eigenvalue weighted by atomic mass is 10.1. The van der Waals surface area contributed by atoms with Gasteiger partial charge in [-0.2, -0.15) is 17.9 Å². The van der Waals surface area contributed by atoms with Crippen molar-refractivity contribution in [2.75, 3.05) is 0 Å². The van der Waals surface area contributed by atoms with E-state index in [1.54, 1.807) is 0 Å². The average molecular weight is 314 g/mol. The molecule has 0 N–H and O–H groups in total. The summed E-state index contributed by atoms with van der Waals surface area (Å²) in [5, 5.41) is 11.5. The van der Waals surface area contributed by atoms with E-state index in [0.29, 0.717) is 27.0 Å². The third kappa shape index (κ3) is 2.54. The van der Waals surface area contributed by atoms with Crippen molar-refractivity contribution in [1.82, 2.24) is 0 Å². The van der Waals surface area contributed by atoms with Gasteiger partial charge in [0.1, 0.15) is 16.4 Å². The summed E-state index contributed by atoms with van der Waals surface area (Å²) in [6.45, 7) is 0. The normalized spacial score (nSPS) is 12.0. The largest absolute Gasteiger partial charge is 0.619 e. The highest BCUT2D eigenvalue weighted by Gasteiger charge is 2.30. The third-order valence-corrected chi connectivity index (χ3v) is 3.30. The van der Waals surface area contributed by atoms with Crippen LogP contribution in [0.3, 0.4) is 0 Å². The Bertz CT molecular complexity index is 827. The number of hydrogen-bond donors (Lipinski definition) is 0. The first-order valence-corrected chi connectivity index (χ1v) is 6.22. The van der Waals surface area contributed by atoms with Crippen molar-refractivity contribution in [2.24, 2.45) is 0 Å². The van der Waals surface area contributed by atoms with Crippen molar-refractivity contribution < 1.29 is 22.3 Å². The molecule has 2 aromatic heterocycles. The van der Waals surface area contributed by atoms with E-state index in [2.05, 4.69) is 0 Å². The van der Waals surface area contributed by atoms with Gasteiger partial charge in [0.2, 0.25) is 0 Å². The lowest BCUT2D eigenvalue weighted by molar-refractivity contribution is -0.605. The van der Waals surface area contributed by atoms with E-state index >= 15 is 0 Å². The second-order valence-corrected chi connectivity index (χ2v) is 4.83. The van der Waals surface area contributed by atoms with Gasteiger partial charge in [-0.15, -0.1) is 0 Å². The number of rotatable bonds is 1. The monoisotopic (exact) mass is 313 g/mol. The van der Waals surface area contributed by atoms with E-state index in [9.17, 15) is 18.4 Å². The van der Waals surface area contributed by atoms with Crippen molar-refractivity contribution >= 4 is 22.6 Å². The zero-order valence-electron chi connectivity index (χ0n) is 10.3. The second kappa shape index (κ2) is 4.66. The zero-order valence-corrected chi connectivity index (χ0v) is 11.1.